The van der Waals surface area contributed by atoms with Crippen molar-refractivity contribution in [3.63, 3.8) is 0 Å². The molecule has 5 nitrogen and oxygen atoms in total. The fourth-order valence-corrected chi connectivity index (χ4v) is 2.55. The summed E-state index contributed by atoms with van der Waals surface area (Å²) in [5, 5.41) is 0. The molecule has 0 aromatic heterocycles. The molecule has 0 saturated carbocycles. The third kappa shape index (κ3) is 4.18. The predicted octanol–water partition coefficient (Wildman–Crippen LogP) is 3.96. The topological polar surface area (TPSA) is 40.2 Å². The van der Waals surface area contributed by atoms with Crippen molar-refractivity contribution in [2.24, 2.45) is 0 Å². The summed E-state index contributed by atoms with van der Waals surface area (Å²) in [5.74, 6) is 2.69. The molecule has 0 saturated heterocycles. The van der Waals surface area contributed by atoms with Gasteiger partial charge in [-0.1, -0.05) is 18.2 Å². The van der Waals surface area contributed by atoms with E-state index >= 15 is 0 Å². The molecule has 0 atom stereocenters. The Bertz CT molecular complexity index is 728. The molecule has 0 aliphatic carbocycles. The van der Waals surface area contributed by atoms with Crippen LogP contribution in [0.2, 0.25) is 0 Å². The maximum absolute atomic E-state index is 5.40. The summed E-state index contributed by atoms with van der Waals surface area (Å²) >= 11 is 0. The van der Waals surface area contributed by atoms with Gasteiger partial charge in [0.1, 0.15) is 5.75 Å². The van der Waals surface area contributed by atoms with Gasteiger partial charge in [0, 0.05) is 14.1 Å². The van der Waals surface area contributed by atoms with E-state index in [1.54, 1.807) is 28.4 Å². The van der Waals surface area contributed by atoms with Crippen LogP contribution >= 0.6 is 0 Å². The van der Waals surface area contributed by atoms with Gasteiger partial charge in [-0.3, -0.25) is 0 Å². The molecule has 0 amide bonds. The van der Waals surface area contributed by atoms with E-state index in [1.165, 1.54) is 0 Å². The highest BCUT2D eigenvalue weighted by molar-refractivity contribution is 5.75. The van der Waals surface area contributed by atoms with Crippen molar-refractivity contribution in [3.8, 4) is 23.0 Å². The SMILES string of the molecule is COc1ccc(/C=C\c2cc(OC)c(OC)c(OC)c2)cc1N(C)C. The first-order valence-corrected chi connectivity index (χ1v) is 7.87. The van der Waals surface area contributed by atoms with E-state index in [0.29, 0.717) is 17.2 Å². The highest BCUT2D eigenvalue weighted by atomic mass is 16.5. The summed E-state index contributed by atoms with van der Waals surface area (Å²) in [6, 6.07) is 9.88. The zero-order valence-electron chi connectivity index (χ0n) is 15.6. The van der Waals surface area contributed by atoms with E-state index in [-0.39, 0.29) is 0 Å². The molecule has 0 fully saturated rings. The first-order chi connectivity index (χ1) is 12.0. The van der Waals surface area contributed by atoms with Crippen LogP contribution < -0.4 is 23.8 Å². The van der Waals surface area contributed by atoms with Crippen molar-refractivity contribution < 1.29 is 18.9 Å². The number of hydrogen-bond donors (Lipinski definition) is 0. The van der Waals surface area contributed by atoms with Gasteiger partial charge in [-0.25, -0.2) is 0 Å². The fourth-order valence-electron chi connectivity index (χ4n) is 2.55. The van der Waals surface area contributed by atoms with Crippen LogP contribution in [0.15, 0.2) is 30.3 Å². The Labute approximate surface area is 149 Å². The Kier molecular flexibility index (Phi) is 6.17. The highest BCUT2D eigenvalue weighted by Gasteiger charge is 2.12. The van der Waals surface area contributed by atoms with Gasteiger partial charge in [-0.05, 0) is 35.4 Å². The monoisotopic (exact) mass is 343 g/mol. The van der Waals surface area contributed by atoms with E-state index in [4.69, 9.17) is 18.9 Å². The number of ether oxygens (including phenoxy) is 4. The Balaban J connectivity index is 2.37. The number of anilines is 1. The van der Waals surface area contributed by atoms with Crippen LogP contribution in [-0.4, -0.2) is 42.5 Å². The van der Waals surface area contributed by atoms with Gasteiger partial charge >= 0.3 is 0 Å². The van der Waals surface area contributed by atoms with Crippen molar-refractivity contribution in [2.75, 3.05) is 47.4 Å². The molecule has 25 heavy (non-hydrogen) atoms. The van der Waals surface area contributed by atoms with E-state index in [1.807, 2.05) is 55.4 Å². The van der Waals surface area contributed by atoms with Crippen molar-refractivity contribution in [3.05, 3.63) is 41.5 Å². The van der Waals surface area contributed by atoms with Gasteiger partial charge < -0.3 is 23.8 Å². The molecule has 0 radical (unpaired) electrons. The lowest BCUT2D eigenvalue weighted by molar-refractivity contribution is 0.324. The number of rotatable bonds is 7. The van der Waals surface area contributed by atoms with Crippen molar-refractivity contribution >= 4 is 17.8 Å². The number of methoxy groups -OCH3 is 4. The van der Waals surface area contributed by atoms with E-state index < -0.39 is 0 Å². The summed E-state index contributed by atoms with van der Waals surface area (Å²) in [5.41, 5.74) is 3.05. The Morgan fingerprint density at radius 1 is 0.680 bits per heavy atom. The summed E-state index contributed by atoms with van der Waals surface area (Å²) < 4.78 is 21.5. The number of benzene rings is 2. The highest BCUT2D eigenvalue weighted by Crippen LogP contribution is 2.38. The summed E-state index contributed by atoms with van der Waals surface area (Å²) in [6.07, 6.45) is 4.04. The van der Waals surface area contributed by atoms with Crippen LogP contribution in [0.3, 0.4) is 0 Å². The third-order valence-electron chi connectivity index (χ3n) is 3.84. The van der Waals surface area contributed by atoms with Gasteiger partial charge in [0.15, 0.2) is 11.5 Å². The molecular formula is C20H25NO4. The van der Waals surface area contributed by atoms with Crippen LogP contribution in [0, 0.1) is 0 Å². The minimum atomic E-state index is 0.585. The maximum atomic E-state index is 5.40. The molecular weight excluding hydrogens is 318 g/mol. The lowest BCUT2D eigenvalue weighted by atomic mass is 10.1. The molecule has 0 spiro atoms. The zero-order chi connectivity index (χ0) is 18.4. The second kappa shape index (κ2) is 8.33. The maximum Gasteiger partial charge on any atom is 0.203 e. The molecule has 0 aliphatic heterocycles. The average Bonchev–Trinajstić information content (AvgIpc) is 2.64. The lowest BCUT2D eigenvalue weighted by Crippen LogP contribution is -2.10. The molecule has 0 aliphatic rings. The smallest absolute Gasteiger partial charge is 0.203 e. The quantitative estimate of drug-likeness (QED) is 0.712. The Hall–Kier alpha value is -2.82. The normalized spacial score (nSPS) is 10.6. The second-order valence-corrected chi connectivity index (χ2v) is 5.62. The van der Waals surface area contributed by atoms with E-state index in [0.717, 1.165) is 22.6 Å². The first kappa shape index (κ1) is 18.5. The average molecular weight is 343 g/mol. The second-order valence-electron chi connectivity index (χ2n) is 5.62. The molecule has 5 heteroatoms. The van der Waals surface area contributed by atoms with Crippen molar-refractivity contribution in [1.82, 2.24) is 0 Å². The number of hydrogen-bond acceptors (Lipinski definition) is 5. The largest absolute Gasteiger partial charge is 0.495 e. The molecule has 0 N–H and O–H groups in total. The van der Waals surface area contributed by atoms with Gasteiger partial charge in [-0.2, -0.15) is 0 Å². The third-order valence-corrected chi connectivity index (χ3v) is 3.84. The molecule has 2 aromatic carbocycles. The standard InChI is InChI=1S/C20H25NO4/c1-21(2)16-11-14(9-10-17(16)22-3)7-8-15-12-18(23-4)20(25-6)19(13-15)24-5/h7-13H,1-6H3/b8-7-. The fraction of sp³-hybridized carbons (Fsp3) is 0.300. The molecule has 0 heterocycles. The summed E-state index contributed by atoms with van der Waals surface area (Å²) in [4.78, 5) is 2.02. The molecule has 134 valence electrons. The predicted molar refractivity (Wildman–Crippen MR) is 102 cm³/mol. The van der Waals surface area contributed by atoms with Crippen molar-refractivity contribution in [1.29, 1.82) is 0 Å². The first-order valence-electron chi connectivity index (χ1n) is 7.87. The summed E-state index contributed by atoms with van der Waals surface area (Å²) in [6.45, 7) is 0. The lowest BCUT2D eigenvalue weighted by Gasteiger charge is -2.17. The van der Waals surface area contributed by atoms with Crippen LogP contribution in [-0.2, 0) is 0 Å². The van der Waals surface area contributed by atoms with Crippen molar-refractivity contribution in [2.45, 2.75) is 0 Å². The minimum absolute atomic E-state index is 0.585. The van der Waals surface area contributed by atoms with E-state index in [2.05, 4.69) is 6.07 Å². The van der Waals surface area contributed by atoms with Gasteiger partial charge in [0.25, 0.3) is 0 Å². The molecule has 0 bridgehead atoms. The molecule has 2 rings (SSSR count). The zero-order valence-corrected chi connectivity index (χ0v) is 15.6. The van der Waals surface area contributed by atoms with Gasteiger partial charge in [0.05, 0.1) is 34.1 Å². The molecule has 0 unspecified atom stereocenters. The number of nitrogens with zero attached hydrogens (tertiary/aromatic N) is 1. The molecule has 2 aromatic rings. The van der Waals surface area contributed by atoms with Gasteiger partial charge in [0.2, 0.25) is 5.75 Å². The Morgan fingerprint density at radius 2 is 1.24 bits per heavy atom. The summed E-state index contributed by atoms with van der Waals surface area (Å²) in [7, 11) is 10.5. The van der Waals surface area contributed by atoms with Gasteiger partial charge in [-0.15, -0.1) is 0 Å². The van der Waals surface area contributed by atoms with Crippen LogP contribution in [0.5, 0.6) is 23.0 Å². The van der Waals surface area contributed by atoms with Crippen LogP contribution in [0.1, 0.15) is 11.1 Å². The van der Waals surface area contributed by atoms with Crippen LogP contribution in [0.4, 0.5) is 5.69 Å². The van der Waals surface area contributed by atoms with Crippen LogP contribution in [0.25, 0.3) is 12.2 Å². The minimum Gasteiger partial charge on any atom is -0.495 e. The van der Waals surface area contributed by atoms with E-state index in [9.17, 15) is 0 Å². The Morgan fingerprint density at radius 3 is 1.72 bits per heavy atom.